The molecular formula is C8H11N5O. The summed E-state index contributed by atoms with van der Waals surface area (Å²) in [6.45, 7) is 2.72. The first-order valence-electron chi connectivity index (χ1n) is 4.37. The van der Waals surface area contributed by atoms with Crippen LogP contribution >= 0.6 is 0 Å². The molecule has 2 heterocycles. The smallest absolute Gasteiger partial charge is 0.327 e. The van der Waals surface area contributed by atoms with Crippen LogP contribution in [-0.2, 0) is 7.05 Å². The van der Waals surface area contributed by atoms with Crippen molar-refractivity contribution >= 4 is 17.0 Å². The number of nitrogens with zero attached hydrogens (tertiary/aromatic N) is 3. The van der Waals surface area contributed by atoms with Crippen LogP contribution in [0.4, 0.5) is 5.82 Å². The summed E-state index contributed by atoms with van der Waals surface area (Å²) in [7, 11) is 1.67. The van der Waals surface area contributed by atoms with E-state index in [-0.39, 0.29) is 5.69 Å². The average molecular weight is 193 g/mol. The molecule has 2 aromatic rings. The molecule has 0 aromatic carbocycles. The van der Waals surface area contributed by atoms with Gasteiger partial charge in [-0.3, -0.25) is 4.57 Å². The lowest BCUT2D eigenvalue weighted by atomic mass is 10.5. The standard InChI is InChI=1S/C8H11N5O/c1-3-9-6-5-7(11-4-10-6)13(2)8(14)12-5/h4H,3H2,1-2H3,(H,12,14)(H,9,10,11). The summed E-state index contributed by atoms with van der Waals surface area (Å²) in [6.07, 6.45) is 1.44. The number of imidazole rings is 1. The number of aromatic nitrogens is 4. The molecule has 0 aliphatic rings. The van der Waals surface area contributed by atoms with E-state index < -0.39 is 0 Å². The Morgan fingerprint density at radius 1 is 1.57 bits per heavy atom. The molecule has 0 amide bonds. The number of aromatic amines is 1. The largest absolute Gasteiger partial charge is 0.368 e. The van der Waals surface area contributed by atoms with Gasteiger partial charge in [-0.25, -0.2) is 14.8 Å². The Morgan fingerprint density at radius 2 is 2.36 bits per heavy atom. The number of hydrogen-bond donors (Lipinski definition) is 2. The van der Waals surface area contributed by atoms with E-state index in [0.29, 0.717) is 17.0 Å². The van der Waals surface area contributed by atoms with E-state index in [1.165, 1.54) is 10.9 Å². The highest BCUT2D eigenvalue weighted by Crippen LogP contribution is 2.13. The SMILES string of the molecule is CCNc1ncnc2c1[nH]c(=O)n2C. The van der Waals surface area contributed by atoms with Crippen molar-refractivity contribution < 1.29 is 0 Å². The summed E-state index contributed by atoms with van der Waals surface area (Å²) in [5.74, 6) is 0.662. The molecule has 2 aromatic heterocycles. The average Bonchev–Trinajstić information content (AvgIpc) is 2.46. The third-order valence-corrected chi connectivity index (χ3v) is 2.03. The molecule has 0 fully saturated rings. The van der Waals surface area contributed by atoms with Crippen molar-refractivity contribution in [3.05, 3.63) is 16.8 Å². The number of aryl methyl sites for hydroxylation is 1. The van der Waals surface area contributed by atoms with Crippen LogP contribution in [0.3, 0.4) is 0 Å². The Hall–Kier alpha value is -1.85. The number of H-pyrrole nitrogens is 1. The Kier molecular flexibility index (Phi) is 1.95. The van der Waals surface area contributed by atoms with Crippen molar-refractivity contribution in [2.24, 2.45) is 7.05 Å². The Balaban J connectivity index is 2.75. The first-order chi connectivity index (χ1) is 6.74. The fourth-order valence-corrected chi connectivity index (χ4v) is 1.33. The van der Waals surface area contributed by atoms with Crippen molar-refractivity contribution in [1.29, 1.82) is 0 Å². The molecule has 0 bridgehead atoms. The van der Waals surface area contributed by atoms with Gasteiger partial charge < -0.3 is 10.3 Å². The number of anilines is 1. The van der Waals surface area contributed by atoms with E-state index in [0.717, 1.165) is 6.54 Å². The van der Waals surface area contributed by atoms with Gasteiger partial charge in [0.2, 0.25) is 0 Å². The van der Waals surface area contributed by atoms with Crippen LogP contribution in [0.25, 0.3) is 11.2 Å². The summed E-state index contributed by atoms with van der Waals surface area (Å²) in [5, 5.41) is 3.06. The summed E-state index contributed by atoms with van der Waals surface area (Å²) in [5.41, 5.74) is 1.09. The van der Waals surface area contributed by atoms with E-state index >= 15 is 0 Å². The van der Waals surface area contributed by atoms with Gasteiger partial charge in [0.25, 0.3) is 0 Å². The quantitative estimate of drug-likeness (QED) is 0.708. The lowest BCUT2D eigenvalue weighted by Gasteiger charge is -2.01. The van der Waals surface area contributed by atoms with Crippen molar-refractivity contribution in [1.82, 2.24) is 19.5 Å². The van der Waals surface area contributed by atoms with Gasteiger partial charge in [-0.05, 0) is 6.92 Å². The molecule has 0 atom stereocenters. The molecule has 0 aliphatic carbocycles. The van der Waals surface area contributed by atoms with Crippen molar-refractivity contribution in [2.45, 2.75) is 6.92 Å². The highest BCUT2D eigenvalue weighted by atomic mass is 16.1. The third-order valence-electron chi connectivity index (χ3n) is 2.03. The van der Waals surface area contributed by atoms with E-state index in [1.54, 1.807) is 7.05 Å². The van der Waals surface area contributed by atoms with Crippen LogP contribution in [0.2, 0.25) is 0 Å². The van der Waals surface area contributed by atoms with Gasteiger partial charge in [0, 0.05) is 13.6 Å². The first-order valence-corrected chi connectivity index (χ1v) is 4.37. The zero-order chi connectivity index (χ0) is 10.1. The number of hydrogen-bond acceptors (Lipinski definition) is 4. The predicted octanol–water partition coefficient (Wildman–Crippen LogP) is 0.0884. The number of fused-ring (bicyclic) bond motifs is 1. The molecule has 14 heavy (non-hydrogen) atoms. The minimum Gasteiger partial charge on any atom is -0.368 e. The molecule has 2 N–H and O–H groups in total. The maximum absolute atomic E-state index is 11.3. The first kappa shape index (κ1) is 8.74. The molecular weight excluding hydrogens is 182 g/mol. The predicted molar refractivity (Wildman–Crippen MR) is 53.3 cm³/mol. The van der Waals surface area contributed by atoms with Crippen molar-refractivity contribution in [3.8, 4) is 0 Å². The molecule has 2 rings (SSSR count). The van der Waals surface area contributed by atoms with Gasteiger partial charge >= 0.3 is 5.69 Å². The van der Waals surface area contributed by atoms with Crippen LogP contribution in [0.15, 0.2) is 11.1 Å². The Labute approximate surface area is 80.0 Å². The second-order valence-electron chi connectivity index (χ2n) is 2.94. The zero-order valence-corrected chi connectivity index (χ0v) is 8.03. The van der Waals surface area contributed by atoms with Gasteiger partial charge in [-0.15, -0.1) is 0 Å². The van der Waals surface area contributed by atoms with Gasteiger partial charge in [-0.1, -0.05) is 0 Å². The van der Waals surface area contributed by atoms with Crippen LogP contribution < -0.4 is 11.0 Å². The molecule has 0 unspecified atom stereocenters. The van der Waals surface area contributed by atoms with Gasteiger partial charge in [0.1, 0.15) is 11.8 Å². The maximum Gasteiger partial charge on any atom is 0.327 e. The van der Waals surface area contributed by atoms with E-state index in [4.69, 9.17) is 0 Å². The zero-order valence-electron chi connectivity index (χ0n) is 8.03. The van der Waals surface area contributed by atoms with E-state index in [2.05, 4.69) is 20.3 Å². The van der Waals surface area contributed by atoms with Crippen LogP contribution in [0.5, 0.6) is 0 Å². The summed E-state index contributed by atoms with van der Waals surface area (Å²) in [6, 6.07) is 0. The van der Waals surface area contributed by atoms with Crippen LogP contribution in [0.1, 0.15) is 6.92 Å². The molecule has 0 radical (unpaired) electrons. The van der Waals surface area contributed by atoms with Crippen LogP contribution in [-0.4, -0.2) is 26.1 Å². The maximum atomic E-state index is 11.3. The Bertz CT molecular complexity index is 512. The topological polar surface area (TPSA) is 75.6 Å². The molecule has 0 spiro atoms. The minimum atomic E-state index is -0.181. The minimum absolute atomic E-state index is 0.181. The molecule has 0 saturated heterocycles. The lowest BCUT2D eigenvalue weighted by molar-refractivity contribution is 0.877. The lowest BCUT2D eigenvalue weighted by Crippen LogP contribution is -2.12. The van der Waals surface area contributed by atoms with Gasteiger partial charge in [0.05, 0.1) is 0 Å². The van der Waals surface area contributed by atoms with Crippen molar-refractivity contribution in [3.63, 3.8) is 0 Å². The second kappa shape index (κ2) is 3.13. The molecule has 6 heteroatoms. The second-order valence-corrected chi connectivity index (χ2v) is 2.94. The number of rotatable bonds is 2. The summed E-state index contributed by atoms with van der Waals surface area (Å²) < 4.78 is 1.46. The summed E-state index contributed by atoms with van der Waals surface area (Å²) in [4.78, 5) is 22.1. The molecule has 0 aliphatic heterocycles. The van der Waals surface area contributed by atoms with Gasteiger partial charge in [0.15, 0.2) is 11.5 Å². The molecule has 0 saturated carbocycles. The van der Waals surface area contributed by atoms with Crippen LogP contribution in [0, 0.1) is 0 Å². The fraction of sp³-hybridized carbons (Fsp3) is 0.375. The monoisotopic (exact) mass is 193 g/mol. The normalized spacial score (nSPS) is 10.7. The van der Waals surface area contributed by atoms with E-state index in [9.17, 15) is 4.79 Å². The number of nitrogens with one attached hydrogen (secondary N) is 2. The summed E-state index contributed by atoms with van der Waals surface area (Å²) >= 11 is 0. The van der Waals surface area contributed by atoms with Crippen molar-refractivity contribution in [2.75, 3.05) is 11.9 Å². The van der Waals surface area contributed by atoms with Gasteiger partial charge in [-0.2, -0.15) is 0 Å². The third kappa shape index (κ3) is 1.15. The molecule has 74 valence electrons. The highest BCUT2D eigenvalue weighted by molar-refractivity contribution is 5.82. The molecule has 6 nitrogen and oxygen atoms in total. The highest BCUT2D eigenvalue weighted by Gasteiger charge is 2.08. The Morgan fingerprint density at radius 3 is 3.07 bits per heavy atom. The van der Waals surface area contributed by atoms with E-state index in [1.807, 2.05) is 6.92 Å². The fourth-order valence-electron chi connectivity index (χ4n) is 1.33.